The van der Waals surface area contributed by atoms with E-state index >= 15 is 0 Å². The van der Waals surface area contributed by atoms with Crippen LogP contribution in [0.3, 0.4) is 0 Å². The Kier molecular flexibility index (Phi) is 7.20. The van der Waals surface area contributed by atoms with Crippen LogP contribution in [0.25, 0.3) is 0 Å². The van der Waals surface area contributed by atoms with Gasteiger partial charge in [0.05, 0.1) is 6.04 Å². The average molecular weight is 475 g/mol. The number of carbonyl (C=O) groups is 1. The third-order valence-electron chi connectivity index (χ3n) is 6.53. The minimum atomic E-state index is -0.262. The summed E-state index contributed by atoms with van der Waals surface area (Å²) in [6, 6.07) is 23.4. The predicted molar refractivity (Wildman–Crippen MR) is 143 cm³/mol. The van der Waals surface area contributed by atoms with Crippen LogP contribution in [0.4, 0.5) is 21.5 Å². The van der Waals surface area contributed by atoms with Gasteiger partial charge in [-0.05, 0) is 72.7 Å². The van der Waals surface area contributed by atoms with Crippen molar-refractivity contribution in [3.05, 3.63) is 89.7 Å². The number of anilines is 3. The first-order chi connectivity index (χ1) is 16.8. The van der Waals surface area contributed by atoms with Gasteiger partial charge < -0.3 is 21.4 Å². The maximum Gasteiger partial charge on any atom is 0.220 e. The molecule has 0 radical (unpaired) electrons. The van der Waals surface area contributed by atoms with Crippen LogP contribution in [0, 0.1) is 22.6 Å². The van der Waals surface area contributed by atoms with Gasteiger partial charge >= 0.3 is 0 Å². The van der Waals surface area contributed by atoms with Crippen molar-refractivity contribution >= 4 is 29.2 Å². The van der Waals surface area contributed by atoms with E-state index in [2.05, 4.69) is 66.5 Å². The smallest absolute Gasteiger partial charge is 0.220 e. The van der Waals surface area contributed by atoms with E-state index in [9.17, 15) is 9.18 Å². The molecule has 6 heteroatoms. The van der Waals surface area contributed by atoms with Crippen molar-refractivity contribution in [2.75, 3.05) is 16.8 Å². The summed E-state index contributed by atoms with van der Waals surface area (Å²) >= 11 is 0. The maximum absolute atomic E-state index is 13.2. The van der Waals surface area contributed by atoms with E-state index in [0.29, 0.717) is 6.04 Å². The Morgan fingerprint density at radius 3 is 2.37 bits per heavy atom. The van der Waals surface area contributed by atoms with E-state index in [4.69, 9.17) is 11.1 Å². The Labute approximate surface area is 208 Å². The molecule has 5 rings (SSSR count). The Morgan fingerprint density at radius 2 is 1.80 bits per heavy atom. The van der Waals surface area contributed by atoms with Crippen LogP contribution in [-0.4, -0.2) is 18.7 Å². The number of rotatable bonds is 6. The maximum atomic E-state index is 13.2. The molecule has 3 aromatic rings. The standard InChI is InChI=1S/C25H26FN3.C4H7NO.H2/c1-25(2)15-24(18-6-4-3-5-7-18)29(17-25)22-12-13-23(19(14-22)16-27)28-21-10-8-20(26)9-11-21;5-4(6)3-1-2-3;/h3-14,16,24,27-28H,15,17H2,1-2H3;3H,1-2H2,(H2,5,6);1H/t24-;;/m0../s1. The topological polar surface area (TPSA) is 82.2 Å². The van der Waals surface area contributed by atoms with E-state index in [0.717, 1.165) is 48.4 Å². The van der Waals surface area contributed by atoms with Crippen LogP contribution >= 0.6 is 0 Å². The second-order valence-corrected chi connectivity index (χ2v) is 10.1. The predicted octanol–water partition coefficient (Wildman–Crippen LogP) is 6.67. The summed E-state index contributed by atoms with van der Waals surface area (Å²) in [5, 5.41) is 11.2. The van der Waals surface area contributed by atoms with Crippen molar-refractivity contribution in [3.8, 4) is 0 Å². The van der Waals surface area contributed by atoms with Crippen LogP contribution in [0.15, 0.2) is 72.8 Å². The Morgan fingerprint density at radius 1 is 1.11 bits per heavy atom. The molecule has 1 aliphatic heterocycles. The summed E-state index contributed by atoms with van der Waals surface area (Å²) < 4.78 is 13.2. The van der Waals surface area contributed by atoms with Crippen LogP contribution in [0.2, 0.25) is 0 Å². The molecule has 184 valence electrons. The molecule has 2 fully saturated rings. The number of nitrogens with two attached hydrogens (primary N) is 1. The summed E-state index contributed by atoms with van der Waals surface area (Å²) in [7, 11) is 0. The Balaban J connectivity index is 0.000000453. The molecule has 1 saturated carbocycles. The van der Waals surface area contributed by atoms with Crippen molar-refractivity contribution in [1.82, 2.24) is 0 Å². The molecule has 1 saturated heterocycles. The fourth-order valence-electron chi connectivity index (χ4n) is 4.53. The number of hydrogen-bond donors (Lipinski definition) is 3. The van der Waals surface area contributed by atoms with Crippen LogP contribution in [0.5, 0.6) is 0 Å². The molecule has 3 aromatic carbocycles. The van der Waals surface area contributed by atoms with Gasteiger partial charge in [0.2, 0.25) is 5.91 Å². The normalized spacial score (nSPS) is 18.4. The number of carbonyl (C=O) groups excluding carboxylic acids is 1. The number of benzene rings is 3. The molecule has 1 heterocycles. The molecule has 1 atom stereocenters. The quantitative estimate of drug-likeness (QED) is 0.349. The zero-order valence-corrected chi connectivity index (χ0v) is 20.3. The van der Waals surface area contributed by atoms with Crippen molar-refractivity contribution in [3.63, 3.8) is 0 Å². The highest BCUT2D eigenvalue weighted by Gasteiger charge is 2.38. The van der Waals surface area contributed by atoms with Crippen LogP contribution in [0.1, 0.15) is 51.7 Å². The summed E-state index contributed by atoms with van der Waals surface area (Å²) in [6.45, 7) is 5.59. The van der Waals surface area contributed by atoms with Crippen molar-refractivity contribution in [1.29, 1.82) is 5.41 Å². The zero-order chi connectivity index (χ0) is 25.0. The lowest BCUT2D eigenvalue weighted by molar-refractivity contribution is -0.119. The molecule has 0 spiro atoms. The molecule has 0 unspecified atom stereocenters. The lowest BCUT2D eigenvalue weighted by Crippen LogP contribution is -2.25. The minimum absolute atomic E-state index is 0. The lowest BCUT2D eigenvalue weighted by Gasteiger charge is -2.28. The van der Waals surface area contributed by atoms with Gasteiger partial charge in [-0.1, -0.05) is 44.2 Å². The average Bonchev–Trinajstić information content (AvgIpc) is 3.65. The van der Waals surface area contributed by atoms with E-state index in [-0.39, 0.29) is 24.5 Å². The first kappa shape index (κ1) is 24.5. The van der Waals surface area contributed by atoms with Gasteiger partial charge in [-0.15, -0.1) is 0 Å². The number of halogens is 1. The summed E-state index contributed by atoms with van der Waals surface area (Å²) in [4.78, 5) is 12.4. The van der Waals surface area contributed by atoms with Crippen LogP contribution < -0.4 is 16.0 Å². The molecule has 5 nitrogen and oxygen atoms in total. The monoisotopic (exact) mass is 474 g/mol. The molecule has 0 aromatic heterocycles. The number of primary amides is 1. The van der Waals surface area contributed by atoms with Gasteiger partial charge in [0.25, 0.3) is 0 Å². The van der Waals surface area contributed by atoms with Gasteiger partial charge in [0.15, 0.2) is 0 Å². The molecule has 4 N–H and O–H groups in total. The first-order valence-electron chi connectivity index (χ1n) is 12.0. The third-order valence-corrected chi connectivity index (χ3v) is 6.53. The fourth-order valence-corrected chi connectivity index (χ4v) is 4.53. The SMILES string of the molecule is CC1(C)C[C@@H](c2ccccc2)N(c2ccc(Nc3ccc(F)cc3)c(C=N)c2)C1.NC(=O)C1CC1.[HH]. The number of nitrogens with zero attached hydrogens (tertiary/aromatic N) is 1. The van der Waals surface area contributed by atoms with E-state index in [1.165, 1.54) is 23.9 Å². The van der Waals surface area contributed by atoms with Crippen molar-refractivity contribution < 1.29 is 10.6 Å². The lowest BCUT2D eigenvalue weighted by atomic mass is 9.89. The highest BCUT2D eigenvalue weighted by atomic mass is 19.1. The summed E-state index contributed by atoms with van der Waals surface area (Å²) in [5.41, 5.74) is 9.96. The van der Waals surface area contributed by atoms with Gasteiger partial charge in [-0.3, -0.25) is 4.79 Å². The highest BCUT2D eigenvalue weighted by Crippen LogP contribution is 2.45. The van der Waals surface area contributed by atoms with Crippen molar-refractivity contribution in [2.45, 2.75) is 39.2 Å². The third kappa shape index (κ3) is 6.27. The zero-order valence-electron chi connectivity index (χ0n) is 20.3. The number of hydrogen-bond acceptors (Lipinski definition) is 4. The number of nitrogens with one attached hydrogen (secondary N) is 2. The van der Waals surface area contributed by atoms with Gasteiger partial charge in [-0.2, -0.15) is 0 Å². The molecule has 0 bridgehead atoms. The van der Waals surface area contributed by atoms with Gasteiger partial charge in [0.1, 0.15) is 5.82 Å². The van der Waals surface area contributed by atoms with Gasteiger partial charge in [0, 0.05) is 42.7 Å². The summed E-state index contributed by atoms with van der Waals surface area (Å²) in [6.07, 6.45) is 4.51. The first-order valence-corrected chi connectivity index (χ1v) is 12.0. The highest BCUT2D eigenvalue weighted by molar-refractivity contribution is 5.89. The van der Waals surface area contributed by atoms with E-state index < -0.39 is 0 Å². The summed E-state index contributed by atoms with van der Waals surface area (Å²) in [5.74, 6) is -0.151. The molecule has 1 amide bonds. The minimum Gasteiger partial charge on any atom is -0.369 e. The molecule has 1 aliphatic carbocycles. The second-order valence-electron chi connectivity index (χ2n) is 10.1. The van der Waals surface area contributed by atoms with E-state index in [1.807, 2.05) is 6.07 Å². The van der Waals surface area contributed by atoms with E-state index in [1.54, 1.807) is 12.1 Å². The Hall–Kier alpha value is -3.67. The molecular weight excluding hydrogens is 439 g/mol. The molecule has 2 aliphatic rings. The molecular formula is C29H35FN4O. The largest absolute Gasteiger partial charge is 0.369 e. The van der Waals surface area contributed by atoms with Crippen molar-refractivity contribution in [2.24, 2.45) is 17.1 Å². The Bertz CT molecular complexity index is 1180. The fraction of sp³-hybridized carbons (Fsp3) is 0.310. The second kappa shape index (κ2) is 10.3. The van der Waals surface area contributed by atoms with Gasteiger partial charge in [-0.25, -0.2) is 4.39 Å². The number of amides is 1. The molecule has 35 heavy (non-hydrogen) atoms. The van der Waals surface area contributed by atoms with Crippen LogP contribution in [-0.2, 0) is 4.79 Å².